The molecule has 0 heterocycles. The summed E-state index contributed by atoms with van der Waals surface area (Å²) in [4.78, 5) is 13.1. The lowest BCUT2D eigenvalue weighted by molar-refractivity contribution is -0.147. The van der Waals surface area contributed by atoms with E-state index in [4.69, 9.17) is 0 Å². The number of aliphatic hydroxyl groups is 1. The summed E-state index contributed by atoms with van der Waals surface area (Å²) >= 11 is 0. The van der Waals surface area contributed by atoms with Gasteiger partial charge < -0.3 is 5.11 Å². The maximum atomic E-state index is 13.1. The van der Waals surface area contributed by atoms with Crippen LogP contribution < -0.4 is 0 Å². The molecule has 0 aromatic carbocycles. The second-order valence-corrected chi connectivity index (χ2v) is 11.3. The summed E-state index contributed by atoms with van der Waals surface area (Å²) in [5.74, 6) is 3.41. The Labute approximate surface area is 165 Å². The lowest BCUT2D eigenvalue weighted by Gasteiger charge is -2.60. The molecule has 5 aliphatic rings. The third kappa shape index (κ3) is 2.20. The third-order valence-corrected chi connectivity index (χ3v) is 10.7. The average Bonchev–Trinajstić information content (AvgIpc) is 2.92. The van der Waals surface area contributed by atoms with Crippen LogP contribution in [0.15, 0.2) is 11.6 Å². The van der Waals surface area contributed by atoms with Crippen LogP contribution in [0.1, 0.15) is 91.4 Å². The molecule has 0 saturated heterocycles. The van der Waals surface area contributed by atoms with Crippen molar-refractivity contribution in [2.45, 2.75) is 97.5 Å². The van der Waals surface area contributed by atoms with E-state index in [1.54, 1.807) is 5.57 Å². The number of carbonyl (C=O) groups excluding carboxylic acids is 1. The molecule has 1 N–H and O–H groups in total. The standard InChI is InChI=1S/C25H38O2/c1-16(26)25-11-5-4-6-18(25)15-22-20-8-7-17-14-19(27)9-12-23(17,2)21(20)10-13-24(22,25)3/h7,18-22,27H,4-6,8-15H2,1-3H3. The highest BCUT2D eigenvalue weighted by molar-refractivity contribution is 5.84. The number of hydrogen-bond acceptors (Lipinski definition) is 2. The van der Waals surface area contributed by atoms with Crippen molar-refractivity contribution in [2.24, 2.45) is 39.9 Å². The first-order chi connectivity index (χ1) is 12.8. The van der Waals surface area contributed by atoms with E-state index in [-0.39, 0.29) is 16.9 Å². The predicted molar refractivity (Wildman–Crippen MR) is 108 cm³/mol. The van der Waals surface area contributed by atoms with E-state index in [0.29, 0.717) is 17.1 Å². The van der Waals surface area contributed by atoms with Gasteiger partial charge >= 0.3 is 0 Å². The van der Waals surface area contributed by atoms with E-state index in [2.05, 4.69) is 19.9 Å². The quantitative estimate of drug-likeness (QED) is 0.602. The van der Waals surface area contributed by atoms with E-state index in [1.165, 1.54) is 44.9 Å². The van der Waals surface area contributed by atoms with Gasteiger partial charge in [-0.2, -0.15) is 0 Å². The molecule has 0 aromatic heterocycles. The summed E-state index contributed by atoms with van der Waals surface area (Å²) < 4.78 is 0. The number of hydrogen-bond donors (Lipinski definition) is 1. The van der Waals surface area contributed by atoms with Crippen molar-refractivity contribution < 1.29 is 9.90 Å². The molecule has 0 bridgehead atoms. The fourth-order valence-corrected chi connectivity index (χ4v) is 9.44. The molecule has 2 heteroatoms. The molecule has 0 amide bonds. The summed E-state index contributed by atoms with van der Waals surface area (Å²) in [7, 11) is 0. The fraction of sp³-hybridized carbons (Fsp3) is 0.880. The van der Waals surface area contributed by atoms with Gasteiger partial charge in [0.15, 0.2) is 0 Å². The van der Waals surface area contributed by atoms with Crippen LogP contribution in [0.4, 0.5) is 0 Å². The molecule has 0 aliphatic heterocycles. The van der Waals surface area contributed by atoms with Crippen LogP contribution in [0.3, 0.4) is 0 Å². The molecule has 150 valence electrons. The summed E-state index contributed by atoms with van der Waals surface area (Å²) in [5.41, 5.74) is 2.07. The van der Waals surface area contributed by atoms with Crippen LogP contribution in [0.5, 0.6) is 0 Å². The van der Waals surface area contributed by atoms with Crippen LogP contribution in [0, 0.1) is 39.9 Å². The molecule has 5 rings (SSSR count). The van der Waals surface area contributed by atoms with E-state index in [0.717, 1.165) is 43.4 Å². The smallest absolute Gasteiger partial charge is 0.136 e. The normalized spacial score (nSPS) is 54.2. The van der Waals surface area contributed by atoms with Gasteiger partial charge in [-0.15, -0.1) is 0 Å². The second-order valence-electron chi connectivity index (χ2n) is 11.3. The molecule has 5 aliphatic carbocycles. The Morgan fingerprint density at radius 2 is 1.89 bits per heavy atom. The Morgan fingerprint density at radius 1 is 1.07 bits per heavy atom. The molecule has 4 saturated carbocycles. The van der Waals surface area contributed by atoms with Crippen molar-refractivity contribution in [3.8, 4) is 0 Å². The minimum Gasteiger partial charge on any atom is -0.393 e. The summed E-state index contributed by atoms with van der Waals surface area (Å²) in [6.45, 7) is 6.94. The summed E-state index contributed by atoms with van der Waals surface area (Å²) in [6, 6.07) is 0. The largest absolute Gasteiger partial charge is 0.393 e. The van der Waals surface area contributed by atoms with Crippen molar-refractivity contribution in [3.63, 3.8) is 0 Å². The minimum absolute atomic E-state index is 0.0193. The zero-order chi connectivity index (χ0) is 19.0. The van der Waals surface area contributed by atoms with Crippen LogP contribution >= 0.6 is 0 Å². The predicted octanol–water partition coefficient (Wildman–Crippen LogP) is 5.69. The van der Waals surface area contributed by atoms with Crippen LogP contribution in [0.25, 0.3) is 0 Å². The number of aliphatic hydroxyl groups excluding tert-OH is 1. The zero-order valence-electron chi connectivity index (χ0n) is 17.6. The van der Waals surface area contributed by atoms with Crippen LogP contribution in [-0.2, 0) is 4.79 Å². The number of allylic oxidation sites excluding steroid dienone is 1. The number of Topliss-reactive ketones (excluding diaryl/α,β-unsaturated/α-hetero) is 1. The molecule has 0 aromatic rings. The molecule has 0 spiro atoms. The van der Waals surface area contributed by atoms with Crippen molar-refractivity contribution in [1.29, 1.82) is 0 Å². The highest BCUT2D eigenvalue weighted by atomic mass is 16.3. The lowest BCUT2D eigenvalue weighted by atomic mass is 9.44. The Kier molecular flexibility index (Phi) is 4.05. The van der Waals surface area contributed by atoms with Gasteiger partial charge in [-0.1, -0.05) is 38.3 Å². The van der Waals surface area contributed by atoms with Crippen molar-refractivity contribution >= 4 is 5.78 Å². The van der Waals surface area contributed by atoms with Gasteiger partial charge in [0.05, 0.1) is 6.10 Å². The number of fused-ring (bicyclic) bond motifs is 7. The lowest BCUT2D eigenvalue weighted by Crippen LogP contribution is -2.55. The molecule has 0 radical (unpaired) electrons. The van der Waals surface area contributed by atoms with Gasteiger partial charge in [-0.05, 0) is 99.2 Å². The van der Waals surface area contributed by atoms with Gasteiger partial charge in [0, 0.05) is 5.41 Å². The Hall–Kier alpha value is -0.630. The van der Waals surface area contributed by atoms with Crippen molar-refractivity contribution in [2.75, 3.05) is 0 Å². The maximum absolute atomic E-state index is 13.1. The Morgan fingerprint density at radius 3 is 2.67 bits per heavy atom. The van der Waals surface area contributed by atoms with Gasteiger partial charge in [-0.25, -0.2) is 0 Å². The molecule has 4 fully saturated rings. The number of ketones is 1. The number of rotatable bonds is 1. The Bertz CT molecular complexity index is 680. The Balaban J connectivity index is 1.54. The van der Waals surface area contributed by atoms with E-state index in [1.807, 2.05) is 6.92 Å². The second kappa shape index (κ2) is 5.94. The van der Waals surface area contributed by atoms with Gasteiger partial charge in [0.25, 0.3) is 0 Å². The van der Waals surface area contributed by atoms with Gasteiger partial charge in [-0.3, -0.25) is 4.79 Å². The molecular formula is C25H38O2. The fourth-order valence-electron chi connectivity index (χ4n) is 9.44. The average molecular weight is 371 g/mol. The summed E-state index contributed by atoms with van der Waals surface area (Å²) in [6.07, 6.45) is 15.5. The number of carbonyl (C=O) groups is 1. The first kappa shape index (κ1) is 18.4. The minimum atomic E-state index is -0.120. The molecule has 27 heavy (non-hydrogen) atoms. The highest BCUT2D eigenvalue weighted by Crippen LogP contribution is 2.73. The third-order valence-electron chi connectivity index (χ3n) is 10.7. The first-order valence-corrected chi connectivity index (χ1v) is 11.7. The van der Waals surface area contributed by atoms with E-state index in [9.17, 15) is 9.90 Å². The van der Waals surface area contributed by atoms with Gasteiger partial charge in [0.1, 0.15) is 5.78 Å². The van der Waals surface area contributed by atoms with Crippen molar-refractivity contribution in [1.82, 2.24) is 0 Å². The van der Waals surface area contributed by atoms with Crippen LogP contribution in [-0.4, -0.2) is 17.0 Å². The topological polar surface area (TPSA) is 37.3 Å². The summed E-state index contributed by atoms with van der Waals surface area (Å²) in [5, 5.41) is 10.2. The molecule has 2 nitrogen and oxygen atoms in total. The molecule has 8 unspecified atom stereocenters. The maximum Gasteiger partial charge on any atom is 0.136 e. The monoisotopic (exact) mass is 370 g/mol. The molecular weight excluding hydrogens is 332 g/mol. The molecule has 8 atom stereocenters. The van der Waals surface area contributed by atoms with Crippen molar-refractivity contribution in [3.05, 3.63) is 11.6 Å². The SMILES string of the molecule is CC(=O)C12CCCCC1CC1C3CC=C4CC(O)CCC4(C)C3CCC12C. The van der Waals surface area contributed by atoms with E-state index < -0.39 is 0 Å². The van der Waals surface area contributed by atoms with Gasteiger partial charge in [0.2, 0.25) is 0 Å². The first-order valence-electron chi connectivity index (χ1n) is 11.7. The van der Waals surface area contributed by atoms with Crippen LogP contribution in [0.2, 0.25) is 0 Å². The zero-order valence-corrected chi connectivity index (χ0v) is 17.6. The van der Waals surface area contributed by atoms with E-state index >= 15 is 0 Å². The highest BCUT2D eigenvalue weighted by Gasteiger charge is 2.68.